The third-order valence-corrected chi connectivity index (χ3v) is 8.07. The number of benzene rings is 1. The van der Waals surface area contributed by atoms with Gasteiger partial charge < -0.3 is 31.1 Å². The number of aromatic hydroxyl groups is 1. The molecule has 9 nitrogen and oxygen atoms in total. The number of carbonyl (C=O) groups is 3. The fraction of sp³-hybridized carbons (Fsp3) is 0.500. The number of carbonyl (C=O) groups excluding carboxylic acids is 3. The van der Waals surface area contributed by atoms with Gasteiger partial charge in [-0.25, -0.2) is 0 Å². The van der Waals surface area contributed by atoms with Crippen LogP contribution < -0.4 is 5.73 Å². The molecule has 0 saturated carbocycles. The molecule has 0 bridgehead atoms. The minimum Gasteiger partial charge on any atom is -0.511 e. The highest BCUT2D eigenvalue weighted by Gasteiger charge is 2.59. The first-order valence-electron chi connectivity index (χ1n) is 12.0. The summed E-state index contributed by atoms with van der Waals surface area (Å²) in [6, 6.07) is 1.43. The van der Waals surface area contributed by atoms with E-state index in [1.807, 2.05) is 7.05 Å². The Morgan fingerprint density at radius 2 is 1.92 bits per heavy atom. The summed E-state index contributed by atoms with van der Waals surface area (Å²) in [7, 11) is 1.95. The molecule has 1 aromatic carbocycles. The molecule has 194 valence electrons. The molecular weight excluding hydrogens is 488 g/mol. The normalized spacial score (nSPS) is 25.9. The van der Waals surface area contributed by atoms with Crippen molar-refractivity contribution in [3.8, 4) is 5.75 Å². The van der Waals surface area contributed by atoms with Crippen molar-refractivity contribution < 1.29 is 34.8 Å². The molecule has 6 N–H and O–H groups in total. The Morgan fingerprint density at radius 1 is 1.25 bits per heavy atom. The number of Topliss-reactive ketones (excluding diaryl/α,β-unsaturated/α-hetero) is 2. The van der Waals surface area contributed by atoms with Gasteiger partial charge in [0.25, 0.3) is 5.91 Å². The van der Waals surface area contributed by atoms with Crippen LogP contribution in [0.5, 0.6) is 5.75 Å². The zero-order valence-electron chi connectivity index (χ0n) is 20.5. The maximum absolute atomic E-state index is 13.5. The Balaban J connectivity index is 1.76. The fourth-order valence-electron chi connectivity index (χ4n) is 5.69. The first-order valence-corrected chi connectivity index (χ1v) is 12.4. The van der Waals surface area contributed by atoms with Crippen LogP contribution in [0.3, 0.4) is 0 Å². The molecule has 4 rings (SSSR count). The monoisotopic (exact) mass is 518 g/mol. The number of phenols is 1. The predicted molar refractivity (Wildman–Crippen MR) is 132 cm³/mol. The highest BCUT2D eigenvalue weighted by molar-refractivity contribution is 6.33. The summed E-state index contributed by atoms with van der Waals surface area (Å²) < 4.78 is 0. The van der Waals surface area contributed by atoms with E-state index >= 15 is 0 Å². The van der Waals surface area contributed by atoms with Crippen LogP contribution in [-0.4, -0.2) is 62.0 Å². The minimum absolute atomic E-state index is 0.0680. The van der Waals surface area contributed by atoms with Gasteiger partial charge in [0.2, 0.25) is 5.78 Å². The number of nitrogens with two attached hydrogens (primary N) is 1. The molecule has 3 atom stereocenters. The molecule has 1 unspecified atom stereocenters. The Kier molecular flexibility index (Phi) is 6.70. The number of primary amides is 1. The SMILES string of the molecule is CC(C)CCN(C)Cc1cc(O)c2c(c1Cl)CC1C[C@H]3CC(O)=C(C(N)=O)C(=O)[C@@]3(O)C(O)=C1C2=O. The molecular formula is C26H31ClN2O7. The summed E-state index contributed by atoms with van der Waals surface area (Å²) >= 11 is 6.73. The van der Waals surface area contributed by atoms with Gasteiger partial charge in [0.15, 0.2) is 11.4 Å². The molecule has 36 heavy (non-hydrogen) atoms. The number of hydrogen-bond acceptors (Lipinski definition) is 8. The summed E-state index contributed by atoms with van der Waals surface area (Å²) in [5, 5.41) is 43.7. The van der Waals surface area contributed by atoms with Gasteiger partial charge in [-0.3, -0.25) is 14.4 Å². The first kappa shape index (κ1) is 26.2. The van der Waals surface area contributed by atoms with Crippen LogP contribution in [0.2, 0.25) is 5.02 Å². The zero-order valence-corrected chi connectivity index (χ0v) is 21.2. The number of aliphatic hydroxyl groups excluding tert-OH is 2. The molecule has 10 heteroatoms. The first-order chi connectivity index (χ1) is 16.8. The van der Waals surface area contributed by atoms with Gasteiger partial charge in [-0.1, -0.05) is 25.4 Å². The van der Waals surface area contributed by atoms with E-state index in [0.717, 1.165) is 13.0 Å². The van der Waals surface area contributed by atoms with Gasteiger partial charge >= 0.3 is 0 Å². The second-order valence-corrected chi connectivity index (χ2v) is 10.9. The van der Waals surface area contributed by atoms with Crippen molar-refractivity contribution >= 4 is 29.1 Å². The highest BCUT2D eigenvalue weighted by Crippen LogP contribution is 2.52. The Labute approximate surface area is 213 Å². The van der Waals surface area contributed by atoms with Crippen molar-refractivity contribution in [3.63, 3.8) is 0 Å². The van der Waals surface area contributed by atoms with Gasteiger partial charge in [0.1, 0.15) is 22.8 Å². The van der Waals surface area contributed by atoms with Crippen molar-refractivity contribution in [1.82, 2.24) is 4.90 Å². The van der Waals surface area contributed by atoms with Crippen LogP contribution in [0.4, 0.5) is 0 Å². The highest BCUT2D eigenvalue weighted by atomic mass is 35.5. The van der Waals surface area contributed by atoms with Crippen LogP contribution in [0, 0.1) is 17.8 Å². The summed E-state index contributed by atoms with van der Waals surface area (Å²) in [6.45, 7) is 5.55. The summed E-state index contributed by atoms with van der Waals surface area (Å²) in [4.78, 5) is 40.3. The smallest absolute Gasteiger partial charge is 0.255 e. The molecule has 0 heterocycles. The molecule has 0 aliphatic heterocycles. The van der Waals surface area contributed by atoms with E-state index in [4.69, 9.17) is 17.3 Å². The number of ketones is 2. The van der Waals surface area contributed by atoms with E-state index in [-0.39, 0.29) is 36.1 Å². The van der Waals surface area contributed by atoms with Gasteiger partial charge in [-0.2, -0.15) is 0 Å². The lowest BCUT2D eigenvalue weighted by atomic mass is 9.60. The molecule has 0 radical (unpaired) electrons. The van der Waals surface area contributed by atoms with Crippen molar-refractivity contribution in [1.29, 1.82) is 0 Å². The number of halogens is 1. The lowest BCUT2D eigenvalue weighted by Gasteiger charge is -2.45. The minimum atomic E-state index is -2.58. The Morgan fingerprint density at radius 3 is 2.53 bits per heavy atom. The van der Waals surface area contributed by atoms with Crippen molar-refractivity contribution in [2.24, 2.45) is 23.5 Å². The van der Waals surface area contributed by atoms with Gasteiger partial charge in [-0.05, 0) is 61.9 Å². The number of allylic oxidation sites excluding steroid dienone is 2. The average Bonchev–Trinajstić information content (AvgIpc) is 2.77. The molecule has 0 fully saturated rings. The molecule has 3 aliphatic carbocycles. The van der Waals surface area contributed by atoms with Crippen LogP contribution in [0.15, 0.2) is 28.7 Å². The van der Waals surface area contributed by atoms with Crippen molar-refractivity contribution in [3.05, 3.63) is 50.4 Å². The maximum Gasteiger partial charge on any atom is 0.255 e. The largest absolute Gasteiger partial charge is 0.511 e. The van der Waals surface area contributed by atoms with Crippen LogP contribution in [0.1, 0.15) is 54.6 Å². The predicted octanol–water partition coefficient (Wildman–Crippen LogP) is 2.71. The van der Waals surface area contributed by atoms with E-state index in [1.54, 1.807) is 0 Å². The number of aliphatic hydroxyl groups is 3. The van der Waals surface area contributed by atoms with Gasteiger partial charge in [0, 0.05) is 29.5 Å². The molecule has 0 saturated heterocycles. The van der Waals surface area contributed by atoms with E-state index in [9.17, 15) is 34.8 Å². The molecule has 3 aliphatic rings. The molecule has 0 spiro atoms. The molecule has 1 amide bonds. The van der Waals surface area contributed by atoms with Crippen molar-refractivity contribution in [2.45, 2.75) is 51.7 Å². The average molecular weight is 519 g/mol. The Hall–Kier alpha value is -2.88. The quantitative estimate of drug-likeness (QED) is 0.359. The second-order valence-electron chi connectivity index (χ2n) is 10.6. The Bertz CT molecular complexity index is 1240. The lowest BCUT2D eigenvalue weighted by Crippen LogP contribution is -2.57. The van der Waals surface area contributed by atoms with Gasteiger partial charge in [-0.15, -0.1) is 0 Å². The standard InChI is InChI=1S/C26H31ClN2O7/c1-11(2)4-5-29(3)10-13-8-16(30)19-15(21(13)27)7-12-6-14-9-17(31)20(25(28)35)24(34)26(14,36)23(33)18(12)22(19)32/h8,11-12,14,30-31,33,36H,4-7,9-10H2,1-3H3,(H2,28,35)/t12?,14-,26-/m0/s1. The van der Waals surface area contributed by atoms with E-state index in [2.05, 4.69) is 18.7 Å². The summed E-state index contributed by atoms with van der Waals surface area (Å²) in [5.74, 6) is -6.01. The number of fused-ring (bicyclic) bond motifs is 3. The van der Waals surface area contributed by atoms with E-state index in [1.165, 1.54) is 6.07 Å². The third-order valence-electron chi connectivity index (χ3n) is 7.60. The summed E-state index contributed by atoms with van der Waals surface area (Å²) in [6.07, 6.45) is 0.971. The number of hydrogen-bond donors (Lipinski definition) is 5. The zero-order chi connectivity index (χ0) is 26.7. The lowest BCUT2D eigenvalue weighted by molar-refractivity contribution is -0.144. The van der Waals surface area contributed by atoms with Crippen LogP contribution in [0.25, 0.3) is 0 Å². The van der Waals surface area contributed by atoms with E-state index < -0.39 is 52.0 Å². The number of phenolic OH excluding ortho intramolecular Hbond substituents is 1. The van der Waals surface area contributed by atoms with Gasteiger partial charge in [0.05, 0.1) is 5.56 Å². The van der Waals surface area contributed by atoms with E-state index in [0.29, 0.717) is 28.6 Å². The second kappa shape index (κ2) is 9.21. The van der Waals surface area contributed by atoms with Crippen molar-refractivity contribution in [2.75, 3.05) is 13.6 Å². The molecule has 1 aromatic rings. The topological polar surface area (TPSA) is 161 Å². The van der Waals surface area contributed by atoms with Crippen LogP contribution >= 0.6 is 11.6 Å². The van der Waals surface area contributed by atoms with Crippen LogP contribution in [-0.2, 0) is 22.6 Å². The fourth-order valence-corrected chi connectivity index (χ4v) is 5.97. The summed E-state index contributed by atoms with van der Waals surface area (Å²) in [5.41, 5.74) is 2.67. The number of rotatable bonds is 6. The number of amides is 1. The number of nitrogens with zero attached hydrogens (tertiary/aromatic N) is 1. The maximum atomic E-state index is 13.5. The molecule has 0 aromatic heterocycles. The third kappa shape index (κ3) is 3.99.